The van der Waals surface area contributed by atoms with Crippen LogP contribution in [0.2, 0.25) is 0 Å². The van der Waals surface area contributed by atoms with Gasteiger partial charge in [-0.15, -0.1) is 0 Å². The Kier molecular flexibility index (Phi) is 7.10. The number of hydrogen-bond donors (Lipinski definition) is 1. The molecule has 0 bridgehead atoms. The van der Waals surface area contributed by atoms with Crippen LogP contribution in [-0.4, -0.2) is 53.1 Å². The lowest BCUT2D eigenvalue weighted by atomic mass is 10.2. The molecule has 1 aliphatic carbocycles. The molecule has 2 heterocycles. The summed E-state index contributed by atoms with van der Waals surface area (Å²) in [6.45, 7) is 0.707. The van der Waals surface area contributed by atoms with Crippen molar-refractivity contribution in [1.29, 1.82) is 0 Å². The van der Waals surface area contributed by atoms with E-state index in [4.69, 9.17) is 13.9 Å². The van der Waals surface area contributed by atoms with Crippen LogP contribution in [0.4, 0.5) is 10.5 Å². The molecule has 3 amide bonds. The normalized spacial score (nSPS) is 12.8. The van der Waals surface area contributed by atoms with Crippen molar-refractivity contribution in [2.45, 2.75) is 32.0 Å². The number of nitrogens with zero attached hydrogens (tertiary/aromatic N) is 3. The van der Waals surface area contributed by atoms with Gasteiger partial charge in [-0.3, -0.25) is 4.79 Å². The third-order valence-corrected chi connectivity index (χ3v) is 5.89. The quantitative estimate of drug-likeness (QED) is 0.490. The summed E-state index contributed by atoms with van der Waals surface area (Å²) in [5.41, 5.74) is 1.51. The summed E-state index contributed by atoms with van der Waals surface area (Å²) in [6, 6.07) is 12.4. The Morgan fingerprint density at radius 3 is 2.56 bits per heavy atom. The van der Waals surface area contributed by atoms with Crippen molar-refractivity contribution < 1.29 is 23.5 Å². The number of nitrogens with one attached hydrogen (secondary N) is 1. The summed E-state index contributed by atoms with van der Waals surface area (Å²) >= 11 is 0. The number of aryl methyl sites for hydroxylation is 1. The Morgan fingerprint density at radius 2 is 1.94 bits per heavy atom. The third kappa shape index (κ3) is 5.54. The van der Waals surface area contributed by atoms with Gasteiger partial charge in [-0.2, -0.15) is 0 Å². The lowest BCUT2D eigenvalue weighted by molar-refractivity contribution is -0.133. The molecule has 2 aromatic heterocycles. The summed E-state index contributed by atoms with van der Waals surface area (Å²) in [7, 11) is 5.04. The molecule has 1 aromatic carbocycles. The highest BCUT2D eigenvalue weighted by molar-refractivity contribution is 5.94. The molecule has 0 spiro atoms. The molecule has 0 atom stereocenters. The number of aromatic nitrogens is 1. The minimum Gasteiger partial charge on any atom is -0.497 e. The van der Waals surface area contributed by atoms with E-state index in [0.29, 0.717) is 36.0 Å². The second-order valence-electron chi connectivity index (χ2n) is 8.30. The van der Waals surface area contributed by atoms with E-state index in [0.717, 1.165) is 18.5 Å². The van der Waals surface area contributed by atoms with Gasteiger partial charge in [-0.05, 0) is 49.2 Å². The van der Waals surface area contributed by atoms with Gasteiger partial charge in [0.15, 0.2) is 0 Å². The summed E-state index contributed by atoms with van der Waals surface area (Å²) in [5.74, 6) is 1.64. The maximum Gasteiger partial charge on any atom is 0.322 e. The molecule has 3 aromatic rings. The van der Waals surface area contributed by atoms with Crippen molar-refractivity contribution in [3.63, 3.8) is 0 Å². The van der Waals surface area contributed by atoms with E-state index < -0.39 is 0 Å². The molecule has 4 rings (SSSR count). The molecule has 9 nitrogen and oxygen atoms in total. The first-order valence-electron chi connectivity index (χ1n) is 11.2. The van der Waals surface area contributed by atoms with Crippen LogP contribution in [0.25, 0.3) is 0 Å². The van der Waals surface area contributed by atoms with E-state index in [1.807, 2.05) is 36.0 Å². The number of hydrogen-bond acceptors (Lipinski definition) is 5. The maximum atomic E-state index is 13.4. The van der Waals surface area contributed by atoms with Crippen molar-refractivity contribution in [3.8, 4) is 11.5 Å². The molecule has 1 saturated carbocycles. The average Bonchev–Trinajstić information content (AvgIpc) is 3.40. The molecular weight excluding hydrogens is 436 g/mol. The number of carbonyl (C=O) groups is 2. The van der Waals surface area contributed by atoms with Crippen molar-refractivity contribution in [1.82, 2.24) is 14.4 Å². The number of amides is 3. The van der Waals surface area contributed by atoms with E-state index in [2.05, 4.69) is 5.32 Å². The summed E-state index contributed by atoms with van der Waals surface area (Å²) in [4.78, 5) is 29.9. The van der Waals surface area contributed by atoms with Crippen LogP contribution in [0.15, 0.2) is 59.3 Å². The van der Waals surface area contributed by atoms with E-state index in [1.165, 1.54) is 7.11 Å². The fourth-order valence-electron chi connectivity index (χ4n) is 3.77. The van der Waals surface area contributed by atoms with Gasteiger partial charge in [-0.25, -0.2) is 4.79 Å². The van der Waals surface area contributed by atoms with Gasteiger partial charge in [-0.1, -0.05) is 0 Å². The minimum atomic E-state index is -0.337. The minimum absolute atomic E-state index is 0.0277. The summed E-state index contributed by atoms with van der Waals surface area (Å²) in [5, 5.41) is 2.89. The molecule has 180 valence electrons. The van der Waals surface area contributed by atoms with Crippen molar-refractivity contribution in [2.24, 2.45) is 7.05 Å². The Balaban J connectivity index is 1.49. The number of furan rings is 1. The second kappa shape index (κ2) is 10.4. The van der Waals surface area contributed by atoms with E-state index in [9.17, 15) is 9.59 Å². The highest BCUT2D eigenvalue weighted by atomic mass is 16.5. The van der Waals surface area contributed by atoms with Gasteiger partial charge in [0.1, 0.15) is 23.8 Å². The van der Waals surface area contributed by atoms with Crippen molar-refractivity contribution in [2.75, 3.05) is 26.1 Å². The highest BCUT2D eigenvalue weighted by Crippen LogP contribution is 2.31. The van der Waals surface area contributed by atoms with Gasteiger partial charge >= 0.3 is 6.03 Å². The number of anilines is 1. The molecule has 1 N–H and O–H groups in total. The lowest BCUT2D eigenvalue weighted by Gasteiger charge is -2.28. The smallest absolute Gasteiger partial charge is 0.322 e. The van der Waals surface area contributed by atoms with E-state index in [-0.39, 0.29) is 24.5 Å². The Hall–Kier alpha value is -3.88. The van der Waals surface area contributed by atoms with Crippen LogP contribution in [0, 0.1) is 0 Å². The average molecular weight is 467 g/mol. The Bertz CT molecular complexity index is 1120. The number of urea groups is 1. The first-order valence-corrected chi connectivity index (χ1v) is 11.2. The predicted octanol–water partition coefficient (Wildman–Crippen LogP) is 3.86. The van der Waals surface area contributed by atoms with Crippen LogP contribution in [0.5, 0.6) is 11.5 Å². The molecule has 1 fully saturated rings. The summed E-state index contributed by atoms with van der Waals surface area (Å²) in [6.07, 6.45) is 5.27. The number of rotatable bonds is 10. The van der Waals surface area contributed by atoms with Gasteiger partial charge in [0.25, 0.3) is 0 Å². The third-order valence-electron chi connectivity index (χ3n) is 5.89. The molecule has 0 aliphatic heterocycles. The monoisotopic (exact) mass is 466 g/mol. The molecule has 34 heavy (non-hydrogen) atoms. The van der Waals surface area contributed by atoms with Crippen LogP contribution in [0.1, 0.15) is 24.3 Å². The molecule has 9 heteroatoms. The molecule has 0 saturated heterocycles. The number of carbonyl (C=O) groups excluding carboxylic acids is 2. The van der Waals surface area contributed by atoms with Gasteiger partial charge in [0.05, 0.1) is 39.3 Å². The molecule has 0 unspecified atom stereocenters. The molecule has 1 aliphatic rings. The topological polar surface area (TPSA) is 89.2 Å². The molecule has 0 radical (unpaired) electrons. The van der Waals surface area contributed by atoms with Gasteiger partial charge < -0.3 is 33.6 Å². The molecular formula is C25H30N4O5. The number of methoxy groups -OCH3 is 2. The fraction of sp³-hybridized carbons (Fsp3) is 0.360. The summed E-state index contributed by atoms with van der Waals surface area (Å²) < 4.78 is 18.1. The highest BCUT2D eigenvalue weighted by Gasteiger charge is 2.35. The van der Waals surface area contributed by atoms with Crippen LogP contribution in [-0.2, 0) is 24.9 Å². The van der Waals surface area contributed by atoms with Gasteiger partial charge in [0.2, 0.25) is 5.91 Å². The first-order chi connectivity index (χ1) is 16.5. The zero-order valence-corrected chi connectivity index (χ0v) is 19.7. The standard InChI is InChI=1S/C25H30N4O5/c1-27-12-4-6-19(27)15-28(16-21-7-5-13-34-21)24(30)17-29(18-8-9-18)25(31)26-22-11-10-20(32-2)14-23(22)33-3/h4-7,10-14,18H,8-9,15-17H2,1-3H3,(H,26,31). The van der Waals surface area contributed by atoms with E-state index >= 15 is 0 Å². The van der Waals surface area contributed by atoms with E-state index in [1.54, 1.807) is 47.4 Å². The number of benzene rings is 1. The maximum absolute atomic E-state index is 13.4. The van der Waals surface area contributed by atoms with Gasteiger partial charge in [0, 0.05) is 31.0 Å². The fourth-order valence-corrected chi connectivity index (χ4v) is 3.77. The largest absolute Gasteiger partial charge is 0.497 e. The van der Waals surface area contributed by atoms with Crippen LogP contribution in [0.3, 0.4) is 0 Å². The second-order valence-corrected chi connectivity index (χ2v) is 8.30. The SMILES string of the molecule is COc1ccc(NC(=O)N(CC(=O)N(Cc2ccco2)Cc2cccn2C)C2CC2)c(OC)c1. The Labute approximate surface area is 198 Å². The van der Waals surface area contributed by atoms with Crippen LogP contribution < -0.4 is 14.8 Å². The number of ether oxygens (including phenoxy) is 2. The van der Waals surface area contributed by atoms with Crippen molar-refractivity contribution >= 4 is 17.6 Å². The Morgan fingerprint density at radius 1 is 1.12 bits per heavy atom. The van der Waals surface area contributed by atoms with Crippen molar-refractivity contribution in [3.05, 3.63) is 66.4 Å². The van der Waals surface area contributed by atoms with Crippen LogP contribution >= 0.6 is 0 Å². The lowest BCUT2D eigenvalue weighted by Crippen LogP contribution is -2.45. The predicted molar refractivity (Wildman–Crippen MR) is 127 cm³/mol. The first kappa shape index (κ1) is 23.3. The zero-order valence-electron chi connectivity index (χ0n) is 19.7. The zero-order chi connectivity index (χ0) is 24.1.